The predicted molar refractivity (Wildman–Crippen MR) is 194 cm³/mol. The third-order valence-electron chi connectivity index (χ3n) is 13.4. The van der Waals surface area contributed by atoms with Crippen molar-refractivity contribution >= 4 is 33.6 Å². The monoisotopic (exact) mass is 726 g/mol. The molecule has 0 bridgehead atoms. The van der Waals surface area contributed by atoms with Crippen LogP contribution in [0, 0.1) is 30.1 Å². The second-order valence-electron chi connectivity index (χ2n) is 15.7. The van der Waals surface area contributed by atoms with E-state index in [1.807, 2.05) is 25.1 Å². The Morgan fingerprint density at radius 3 is 2.42 bits per heavy atom. The first-order valence-electron chi connectivity index (χ1n) is 18.3. The van der Waals surface area contributed by atoms with Gasteiger partial charge in [0.1, 0.15) is 23.7 Å². The summed E-state index contributed by atoms with van der Waals surface area (Å²) in [6.45, 7) is 4.02. The molecule has 52 heavy (non-hydrogen) atoms. The molecule has 2 heterocycles. The number of aryl methyl sites for hydroxylation is 2. The highest BCUT2D eigenvalue weighted by atomic mass is 32.2. The van der Waals surface area contributed by atoms with Crippen molar-refractivity contribution in [1.82, 2.24) is 4.90 Å². The van der Waals surface area contributed by atoms with Crippen molar-refractivity contribution in [2.24, 2.45) is 23.2 Å². The number of nitrogens with zero attached hydrogens (tertiary/aromatic N) is 2. The third kappa shape index (κ3) is 4.87. The summed E-state index contributed by atoms with van der Waals surface area (Å²) in [6.07, 6.45) is 2.66. The Morgan fingerprint density at radius 1 is 0.962 bits per heavy atom. The molecule has 3 fully saturated rings. The van der Waals surface area contributed by atoms with E-state index in [9.17, 15) is 22.8 Å². The van der Waals surface area contributed by atoms with Crippen molar-refractivity contribution in [2.75, 3.05) is 25.6 Å². The summed E-state index contributed by atoms with van der Waals surface area (Å²) in [5.41, 5.74) is 3.10. The fourth-order valence-corrected chi connectivity index (χ4v) is 12.8. The molecule has 2 saturated carbocycles. The highest BCUT2D eigenvalue weighted by Gasteiger charge is 2.68. The van der Waals surface area contributed by atoms with Gasteiger partial charge in [0.25, 0.3) is 10.0 Å². The molecule has 5 aliphatic rings. The number of para-hydroxylation sites is 1. The Balaban J connectivity index is 1.23. The van der Waals surface area contributed by atoms with Crippen LogP contribution in [0.15, 0.2) is 71.6 Å². The molecule has 1 unspecified atom stereocenters. The van der Waals surface area contributed by atoms with Gasteiger partial charge in [0.2, 0.25) is 0 Å². The number of ketones is 1. The van der Waals surface area contributed by atoms with Crippen LogP contribution in [0.2, 0.25) is 0 Å². The van der Waals surface area contributed by atoms with E-state index < -0.39 is 51.0 Å². The van der Waals surface area contributed by atoms with Gasteiger partial charge < -0.3 is 14.2 Å². The summed E-state index contributed by atoms with van der Waals surface area (Å²) >= 11 is 0. The van der Waals surface area contributed by atoms with Gasteiger partial charge in [-0.1, -0.05) is 48.9 Å². The number of ether oxygens (including phenoxy) is 3. The molecule has 2 aliphatic heterocycles. The summed E-state index contributed by atoms with van der Waals surface area (Å²) in [6, 6.07) is 19.1. The summed E-state index contributed by atoms with van der Waals surface area (Å²) in [5, 5.41) is 0. The number of Topliss-reactive ketones (excluding diaryl/α,β-unsaturated/α-hetero) is 1. The van der Waals surface area contributed by atoms with Gasteiger partial charge in [-0.25, -0.2) is 22.3 Å². The lowest BCUT2D eigenvalue weighted by atomic mass is 9.55. The number of carbonyl (C=O) groups is 3. The van der Waals surface area contributed by atoms with Crippen molar-refractivity contribution in [3.8, 4) is 5.75 Å². The number of methoxy groups -OCH3 is 3. The molecule has 0 N–H and O–H groups in total. The largest absolute Gasteiger partial charge is 0.497 e. The summed E-state index contributed by atoms with van der Waals surface area (Å²) < 4.78 is 46.9. The minimum atomic E-state index is -4.28. The fraction of sp³-hybridized carbons (Fsp3) is 0.488. The molecular weight excluding hydrogens is 681 g/mol. The molecule has 0 aromatic heterocycles. The highest BCUT2D eigenvalue weighted by molar-refractivity contribution is 7.92. The first-order chi connectivity index (χ1) is 24.9. The van der Waals surface area contributed by atoms with Crippen LogP contribution in [0.3, 0.4) is 0 Å². The molecule has 3 aromatic rings. The lowest BCUT2D eigenvalue weighted by molar-refractivity contribution is -0.145. The second-order valence-corrected chi connectivity index (χ2v) is 17.5. The number of fused-ring (bicyclic) bond motifs is 8. The normalized spacial score (nSPS) is 31.6. The second kappa shape index (κ2) is 12.4. The summed E-state index contributed by atoms with van der Waals surface area (Å²) in [4.78, 5) is 43.5. The van der Waals surface area contributed by atoms with Gasteiger partial charge in [-0.3, -0.25) is 9.69 Å². The minimum Gasteiger partial charge on any atom is -0.497 e. The van der Waals surface area contributed by atoms with Crippen LogP contribution in [0.5, 0.6) is 5.75 Å². The van der Waals surface area contributed by atoms with Crippen LogP contribution in [0.1, 0.15) is 73.6 Å². The number of hydrogen-bond acceptors (Lipinski definition) is 8. The topological polar surface area (TPSA) is 120 Å². The number of sulfonamides is 1. The molecule has 11 heteroatoms. The van der Waals surface area contributed by atoms with Crippen molar-refractivity contribution in [1.29, 1.82) is 0 Å². The Hall–Kier alpha value is -4.38. The highest BCUT2D eigenvalue weighted by Crippen LogP contribution is 2.65. The maximum absolute atomic E-state index is 14.9. The SMILES string of the molecule is COC(=O)[C@@H]1C[C@@]2(CC3C[C@H]4[C@@H]5CCc6cc(OC)ccc6[C@H]5CC[C@]4(C)C3=O)c3ccccc3N(S(=O)(=O)c3ccc(C)cc3)[C@H]2N1C(=O)OC. The molecule has 1 amide bonds. The van der Waals surface area contributed by atoms with E-state index in [-0.39, 0.29) is 29.4 Å². The van der Waals surface area contributed by atoms with Gasteiger partial charge in [-0.15, -0.1) is 0 Å². The first-order valence-corrected chi connectivity index (χ1v) is 19.7. The average molecular weight is 727 g/mol. The zero-order valence-electron chi connectivity index (χ0n) is 30.3. The number of carbonyl (C=O) groups excluding carboxylic acids is 3. The zero-order chi connectivity index (χ0) is 36.7. The predicted octanol–water partition coefficient (Wildman–Crippen LogP) is 6.53. The number of anilines is 1. The van der Waals surface area contributed by atoms with Crippen LogP contribution >= 0.6 is 0 Å². The van der Waals surface area contributed by atoms with Crippen LogP contribution in [-0.2, 0) is 40.9 Å². The number of benzene rings is 3. The lowest BCUT2D eigenvalue weighted by Crippen LogP contribution is -2.56. The van der Waals surface area contributed by atoms with Crippen LogP contribution < -0.4 is 9.04 Å². The van der Waals surface area contributed by atoms with Crippen molar-refractivity contribution in [2.45, 2.75) is 87.2 Å². The van der Waals surface area contributed by atoms with Gasteiger partial charge in [0.15, 0.2) is 0 Å². The van der Waals surface area contributed by atoms with Gasteiger partial charge >= 0.3 is 12.1 Å². The Morgan fingerprint density at radius 2 is 1.71 bits per heavy atom. The molecular formula is C41H46N2O8S. The molecule has 3 aliphatic carbocycles. The number of amides is 1. The Labute approximate surface area is 305 Å². The molecule has 3 aromatic carbocycles. The molecule has 8 rings (SSSR count). The number of likely N-dealkylation sites (tertiary alicyclic amines) is 1. The van der Waals surface area contributed by atoms with Gasteiger partial charge in [0.05, 0.1) is 31.9 Å². The molecule has 274 valence electrons. The van der Waals surface area contributed by atoms with Crippen LogP contribution in [0.4, 0.5) is 10.5 Å². The van der Waals surface area contributed by atoms with Crippen molar-refractivity contribution < 1.29 is 37.0 Å². The quantitative estimate of drug-likeness (QED) is 0.263. The molecule has 0 spiro atoms. The first kappa shape index (κ1) is 34.7. The minimum absolute atomic E-state index is 0.0618. The van der Waals surface area contributed by atoms with E-state index in [2.05, 4.69) is 19.1 Å². The smallest absolute Gasteiger partial charge is 0.411 e. The Kier molecular flexibility index (Phi) is 8.24. The van der Waals surface area contributed by atoms with Crippen LogP contribution in [-0.4, -0.2) is 64.7 Å². The molecule has 0 radical (unpaired) electrons. The van der Waals surface area contributed by atoms with Crippen molar-refractivity contribution in [3.63, 3.8) is 0 Å². The zero-order valence-corrected chi connectivity index (χ0v) is 31.1. The van der Waals surface area contributed by atoms with E-state index >= 15 is 0 Å². The molecule has 1 saturated heterocycles. The van der Waals surface area contributed by atoms with E-state index in [1.165, 1.54) is 34.6 Å². The Bertz CT molecular complexity index is 2070. The molecule has 8 atom stereocenters. The van der Waals surface area contributed by atoms with Gasteiger partial charge in [-0.05, 0) is 117 Å². The van der Waals surface area contributed by atoms with E-state index in [1.54, 1.807) is 43.5 Å². The number of esters is 1. The standard InChI is InChI=1S/C41H46N2O8S/c1-24-10-14-28(15-11-24)52(47,48)43-34-9-7-6-8-32(34)41(23-35(37(45)50-4)42(38(41)43)39(46)51-5)22-26-21-33-31-16-12-25-20-27(49-3)13-17-29(25)30(31)18-19-40(33,2)36(26)44/h6-11,13-15,17,20,26,30-31,33,35,38H,12,16,18-19,21-23H2,1-5H3/t26?,30-,31-,33+,35+,38-,40+,41+/m1/s1. The maximum atomic E-state index is 14.9. The van der Waals surface area contributed by atoms with Crippen LogP contribution in [0.25, 0.3) is 0 Å². The molecule has 10 nitrogen and oxygen atoms in total. The summed E-state index contributed by atoms with van der Waals surface area (Å²) in [5.74, 6) is 0.857. The van der Waals surface area contributed by atoms with E-state index in [0.29, 0.717) is 29.5 Å². The number of hydrogen-bond donors (Lipinski definition) is 0. The lowest BCUT2D eigenvalue weighted by Gasteiger charge is -2.48. The summed E-state index contributed by atoms with van der Waals surface area (Å²) in [7, 11) is -0.114. The van der Waals surface area contributed by atoms with E-state index in [4.69, 9.17) is 14.2 Å². The van der Waals surface area contributed by atoms with Gasteiger partial charge in [-0.2, -0.15) is 0 Å². The fourth-order valence-electron chi connectivity index (χ4n) is 11.1. The number of rotatable bonds is 6. The average Bonchev–Trinajstić information content (AvgIpc) is 3.72. The maximum Gasteiger partial charge on any atom is 0.411 e. The van der Waals surface area contributed by atoms with Gasteiger partial charge in [0, 0.05) is 16.7 Å². The third-order valence-corrected chi connectivity index (χ3v) is 15.2. The van der Waals surface area contributed by atoms with E-state index in [0.717, 1.165) is 37.0 Å². The van der Waals surface area contributed by atoms with Crippen molar-refractivity contribution in [3.05, 3.63) is 89.0 Å².